The zero-order chi connectivity index (χ0) is 25.2. The van der Waals surface area contributed by atoms with E-state index < -0.39 is 17.3 Å². The zero-order valence-electron chi connectivity index (χ0n) is 20.7. The third-order valence-corrected chi connectivity index (χ3v) is 6.86. The summed E-state index contributed by atoms with van der Waals surface area (Å²) in [5.41, 5.74) is 3.36. The van der Waals surface area contributed by atoms with Crippen molar-refractivity contribution in [2.75, 3.05) is 13.7 Å². The van der Waals surface area contributed by atoms with Gasteiger partial charge >= 0.3 is 5.69 Å². The van der Waals surface area contributed by atoms with Crippen molar-refractivity contribution in [2.45, 2.75) is 32.4 Å². The highest BCUT2D eigenvalue weighted by molar-refractivity contribution is 5.97. The number of aromatic hydroxyl groups is 1. The van der Waals surface area contributed by atoms with Gasteiger partial charge in [-0.05, 0) is 50.1 Å². The molecular formula is C27H29N3O5. The van der Waals surface area contributed by atoms with E-state index in [1.165, 1.54) is 18.7 Å². The average molecular weight is 476 g/mol. The number of benzene rings is 2. The standard InChI is InChI=1S/C27H29N3O5/c1-15-8-7-9-16(12-15)21-20-22(28(4)26(33)29(5)25(20)32)23-24(35-14-27(2,3)30(21)23)17-10-11-19(34-6)18(31)13-17/h7-13,24,31H,14H2,1-6H3/t24-/m0/s1. The van der Waals surface area contributed by atoms with E-state index in [0.717, 1.165) is 21.4 Å². The van der Waals surface area contributed by atoms with Crippen LogP contribution < -0.4 is 16.0 Å². The fraction of sp³-hybridized carbons (Fsp3) is 0.333. The molecule has 1 aliphatic rings. The van der Waals surface area contributed by atoms with Crippen LogP contribution in [0, 0.1) is 6.92 Å². The second-order valence-corrected chi connectivity index (χ2v) is 9.80. The van der Waals surface area contributed by atoms with Gasteiger partial charge in [0.05, 0.1) is 41.5 Å². The number of hydrogen-bond acceptors (Lipinski definition) is 5. The van der Waals surface area contributed by atoms with Gasteiger partial charge in [0.25, 0.3) is 5.56 Å². The van der Waals surface area contributed by atoms with Gasteiger partial charge < -0.3 is 19.1 Å². The Kier molecular flexibility index (Phi) is 5.18. The minimum absolute atomic E-state index is 0.00967. The summed E-state index contributed by atoms with van der Waals surface area (Å²) >= 11 is 0. The smallest absolute Gasteiger partial charge is 0.331 e. The van der Waals surface area contributed by atoms with E-state index in [0.29, 0.717) is 34.5 Å². The summed E-state index contributed by atoms with van der Waals surface area (Å²) in [5, 5.41) is 11.0. The second kappa shape index (κ2) is 7.88. The van der Waals surface area contributed by atoms with Crippen molar-refractivity contribution in [3.8, 4) is 22.8 Å². The largest absolute Gasteiger partial charge is 0.504 e. The molecule has 1 N–H and O–H groups in total. The zero-order valence-corrected chi connectivity index (χ0v) is 20.7. The lowest BCUT2D eigenvalue weighted by atomic mass is 9.97. The third-order valence-electron chi connectivity index (χ3n) is 6.86. The van der Waals surface area contributed by atoms with Crippen LogP contribution in [-0.2, 0) is 24.4 Å². The van der Waals surface area contributed by atoms with Crippen molar-refractivity contribution in [2.24, 2.45) is 14.1 Å². The Hall–Kier alpha value is -3.78. The lowest BCUT2D eigenvalue weighted by molar-refractivity contribution is -0.00716. The molecule has 2 aromatic carbocycles. The first-order chi connectivity index (χ1) is 16.6. The van der Waals surface area contributed by atoms with E-state index in [1.54, 1.807) is 19.2 Å². The Morgan fingerprint density at radius 2 is 1.83 bits per heavy atom. The number of phenolic OH excluding ortho intramolecular Hbond substituents is 1. The molecule has 1 atom stereocenters. The van der Waals surface area contributed by atoms with Crippen molar-refractivity contribution < 1.29 is 14.6 Å². The van der Waals surface area contributed by atoms with E-state index in [9.17, 15) is 14.7 Å². The van der Waals surface area contributed by atoms with Crippen LogP contribution in [0.2, 0.25) is 0 Å². The van der Waals surface area contributed by atoms with Crippen LogP contribution in [0.4, 0.5) is 0 Å². The Morgan fingerprint density at radius 1 is 1.09 bits per heavy atom. The van der Waals surface area contributed by atoms with Gasteiger partial charge in [0.1, 0.15) is 6.10 Å². The van der Waals surface area contributed by atoms with Gasteiger partial charge in [-0.2, -0.15) is 0 Å². The monoisotopic (exact) mass is 475 g/mol. The maximum atomic E-state index is 13.6. The molecule has 2 aromatic heterocycles. The summed E-state index contributed by atoms with van der Waals surface area (Å²) in [6.07, 6.45) is -0.612. The maximum Gasteiger partial charge on any atom is 0.331 e. The highest BCUT2D eigenvalue weighted by atomic mass is 16.5. The number of methoxy groups -OCH3 is 1. The molecule has 4 aromatic rings. The first kappa shape index (κ1) is 23.0. The predicted molar refractivity (Wildman–Crippen MR) is 134 cm³/mol. The number of phenols is 1. The number of fused-ring (bicyclic) bond motifs is 3. The number of ether oxygens (including phenoxy) is 2. The molecule has 1 aliphatic heterocycles. The van der Waals surface area contributed by atoms with E-state index >= 15 is 0 Å². The SMILES string of the molecule is COc1ccc([C@@H]2OCC(C)(C)n3c(-c4cccc(C)c4)c4c(=O)n(C)c(=O)n(C)c4c32)cc1O. The first-order valence-electron chi connectivity index (χ1n) is 11.5. The van der Waals surface area contributed by atoms with Gasteiger partial charge in [-0.25, -0.2) is 4.79 Å². The van der Waals surface area contributed by atoms with Crippen LogP contribution in [0.15, 0.2) is 52.1 Å². The third kappa shape index (κ3) is 3.31. The Morgan fingerprint density at radius 3 is 2.49 bits per heavy atom. The molecule has 0 spiro atoms. The van der Waals surface area contributed by atoms with Gasteiger partial charge in [0.15, 0.2) is 11.5 Å². The van der Waals surface area contributed by atoms with Gasteiger partial charge in [0.2, 0.25) is 0 Å². The van der Waals surface area contributed by atoms with Gasteiger partial charge in [0, 0.05) is 14.1 Å². The van der Waals surface area contributed by atoms with Crippen molar-refractivity contribution in [3.05, 3.63) is 80.1 Å². The maximum absolute atomic E-state index is 13.6. The number of nitrogens with zero attached hydrogens (tertiary/aromatic N) is 3. The van der Waals surface area contributed by atoms with Crippen molar-refractivity contribution in [1.82, 2.24) is 13.7 Å². The molecule has 35 heavy (non-hydrogen) atoms. The van der Waals surface area contributed by atoms with E-state index in [4.69, 9.17) is 9.47 Å². The molecule has 0 saturated heterocycles. The predicted octanol–water partition coefficient (Wildman–Crippen LogP) is 3.58. The molecule has 182 valence electrons. The summed E-state index contributed by atoms with van der Waals surface area (Å²) in [5.74, 6) is 0.344. The van der Waals surface area contributed by atoms with Gasteiger partial charge in [-0.1, -0.05) is 29.8 Å². The molecule has 3 heterocycles. The lowest BCUT2D eigenvalue weighted by Crippen LogP contribution is -2.40. The molecule has 5 rings (SSSR count). The number of aryl methyl sites for hydroxylation is 2. The summed E-state index contributed by atoms with van der Waals surface area (Å²) in [4.78, 5) is 26.7. The van der Waals surface area contributed by atoms with Crippen LogP contribution in [0.5, 0.6) is 11.5 Å². The minimum Gasteiger partial charge on any atom is -0.504 e. The van der Waals surface area contributed by atoms with E-state index in [1.807, 2.05) is 37.3 Å². The number of rotatable bonds is 3. The summed E-state index contributed by atoms with van der Waals surface area (Å²) < 4.78 is 16.4. The quantitative estimate of drug-likeness (QED) is 0.489. The molecular weight excluding hydrogens is 446 g/mol. The van der Waals surface area contributed by atoms with Crippen molar-refractivity contribution in [3.63, 3.8) is 0 Å². The number of hydrogen-bond donors (Lipinski definition) is 1. The molecule has 0 aliphatic carbocycles. The van der Waals surface area contributed by atoms with Crippen LogP contribution in [-0.4, -0.2) is 32.5 Å². The Balaban J connectivity index is 1.98. The highest BCUT2D eigenvalue weighted by Crippen LogP contribution is 2.46. The molecule has 0 bridgehead atoms. The number of aromatic nitrogens is 3. The van der Waals surface area contributed by atoms with Crippen molar-refractivity contribution in [1.29, 1.82) is 0 Å². The van der Waals surface area contributed by atoms with E-state index in [-0.39, 0.29) is 11.3 Å². The van der Waals surface area contributed by atoms with Crippen LogP contribution in [0.25, 0.3) is 22.2 Å². The molecule has 0 saturated carbocycles. The molecule has 8 nitrogen and oxygen atoms in total. The molecule has 0 radical (unpaired) electrons. The van der Waals surface area contributed by atoms with Gasteiger partial charge in [-0.15, -0.1) is 0 Å². The fourth-order valence-electron chi connectivity index (χ4n) is 5.19. The molecule has 0 amide bonds. The average Bonchev–Trinajstić information content (AvgIpc) is 3.19. The highest BCUT2D eigenvalue weighted by Gasteiger charge is 2.40. The molecule has 8 heteroatoms. The minimum atomic E-state index is -0.612. The Labute approximate surface area is 202 Å². The summed E-state index contributed by atoms with van der Waals surface area (Å²) in [7, 11) is 4.67. The normalized spacial score (nSPS) is 16.9. The van der Waals surface area contributed by atoms with Crippen molar-refractivity contribution >= 4 is 10.9 Å². The topological polar surface area (TPSA) is 87.6 Å². The molecule has 0 unspecified atom stereocenters. The summed E-state index contributed by atoms with van der Waals surface area (Å²) in [6.45, 7) is 6.49. The first-order valence-corrected chi connectivity index (χ1v) is 11.5. The second-order valence-electron chi connectivity index (χ2n) is 9.80. The van der Waals surface area contributed by atoms with Crippen LogP contribution in [0.1, 0.15) is 36.8 Å². The summed E-state index contributed by atoms with van der Waals surface area (Å²) in [6, 6.07) is 13.1. The fourth-order valence-corrected chi connectivity index (χ4v) is 5.19. The lowest BCUT2D eigenvalue weighted by Gasteiger charge is -2.39. The van der Waals surface area contributed by atoms with Gasteiger partial charge in [-0.3, -0.25) is 13.9 Å². The van der Waals surface area contributed by atoms with E-state index in [2.05, 4.69) is 18.4 Å². The Bertz CT molecular complexity index is 1610. The van der Waals surface area contributed by atoms with Crippen LogP contribution in [0.3, 0.4) is 0 Å². The molecule has 0 fully saturated rings. The van der Waals surface area contributed by atoms with Crippen LogP contribution >= 0.6 is 0 Å².